The molecule has 2 rings (SSSR count). The monoisotopic (exact) mass is 194 g/mol. The van der Waals surface area contributed by atoms with Crippen LogP contribution in [0.2, 0.25) is 0 Å². The topological polar surface area (TPSA) is 41.8 Å². The Hall–Kier alpha value is -0.990. The van der Waals surface area contributed by atoms with E-state index in [0.29, 0.717) is 6.42 Å². The summed E-state index contributed by atoms with van der Waals surface area (Å²) in [7, 11) is 0. The summed E-state index contributed by atoms with van der Waals surface area (Å²) in [6.45, 7) is 0. The summed E-state index contributed by atoms with van der Waals surface area (Å²) in [5.41, 5.74) is 7.53. The molecule has 0 aliphatic heterocycles. The number of aromatic nitrogens is 1. The molecule has 3 N–H and O–H groups in total. The Balaban J connectivity index is 2.46. The number of para-hydroxylation sites is 1. The molecule has 1 unspecified atom stereocenters. The zero-order valence-corrected chi connectivity index (χ0v) is 7.88. The van der Waals surface area contributed by atoms with Crippen LogP contribution in [0.4, 0.5) is 0 Å². The van der Waals surface area contributed by atoms with Crippen molar-refractivity contribution in [2.45, 2.75) is 11.9 Å². The number of benzene rings is 1. The van der Waals surface area contributed by atoms with Crippen molar-refractivity contribution in [3.63, 3.8) is 0 Å². The van der Waals surface area contributed by atoms with Crippen LogP contribution in [0.1, 0.15) is 5.56 Å². The Morgan fingerprint density at radius 1 is 1.38 bits per heavy atom. The fraction of sp³-hybridized carbons (Fsp3) is 0.200. The molecule has 1 atom stereocenters. The number of hydrogen-bond acceptors (Lipinski definition) is 1. The van der Waals surface area contributed by atoms with Crippen molar-refractivity contribution in [3.8, 4) is 0 Å². The predicted octanol–water partition coefficient (Wildman–Crippen LogP) is 2.23. The first kappa shape index (κ1) is 8.60. The van der Waals surface area contributed by atoms with Gasteiger partial charge in [-0.2, -0.15) is 0 Å². The van der Waals surface area contributed by atoms with Crippen molar-refractivity contribution >= 4 is 22.5 Å². The van der Waals surface area contributed by atoms with Crippen LogP contribution in [0.3, 0.4) is 0 Å². The number of nitrogens with one attached hydrogen (secondary N) is 1. The molecular weight excluding hydrogens is 184 g/mol. The fourth-order valence-electron chi connectivity index (χ4n) is 1.51. The molecule has 0 saturated carbocycles. The predicted molar refractivity (Wildman–Crippen MR) is 55.8 cm³/mol. The number of alkyl halides is 1. The Kier molecular flexibility index (Phi) is 2.25. The second kappa shape index (κ2) is 3.40. The van der Waals surface area contributed by atoms with E-state index in [2.05, 4.69) is 11.1 Å². The van der Waals surface area contributed by atoms with Gasteiger partial charge in [0.05, 0.1) is 5.50 Å². The summed E-state index contributed by atoms with van der Waals surface area (Å²) in [6, 6.07) is 8.13. The summed E-state index contributed by atoms with van der Waals surface area (Å²) < 4.78 is 0. The van der Waals surface area contributed by atoms with E-state index in [9.17, 15) is 0 Å². The van der Waals surface area contributed by atoms with Crippen molar-refractivity contribution in [2.24, 2.45) is 5.73 Å². The highest BCUT2D eigenvalue weighted by molar-refractivity contribution is 6.20. The minimum atomic E-state index is -0.306. The maximum atomic E-state index is 5.73. The van der Waals surface area contributed by atoms with Crippen LogP contribution in [0.5, 0.6) is 0 Å². The number of aromatic amines is 1. The lowest BCUT2D eigenvalue weighted by Crippen LogP contribution is -2.14. The molecule has 68 valence electrons. The summed E-state index contributed by atoms with van der Waals surface area (Å²) in [5.74, 6) is 0. The van der Waals surface area contributed by atoms with Gasteiger partial charge in [-0.15, -0.1) is 11.6 Å². The number of hydrogen-bond donors (Lipinski definition) is 2. The smallest absolute Gasteiger partial charge is 0.0842 e. The number of H-pyrrole nitrogens is 1. The maximum absolute atomic E-state index is 5.73. The molecule has 0 bridgehead atoms. The van der Waals surface area contributed by atoms with E-state index in [0.717, 1.165) is 5.52 Å². The van der Waals surface area contributed by atoms with Crippen molar-refractivity contribution in [3.05, 3.63) is 36.0 Å². The summed E-state index contributed by atoms with van der Waals surface area (Å²) >= 11 is 5.73. The lowest BCUT2D eigenvalue weighted by atomic mass is 10.1. The normalized spacial score (nSPS) is 13.4. The molecule has 0 saturated heterocycles. The molecule has 1 heterocycles. The van der Waals surface area contributed by atoms with E-state index in [4.69, 9.17) is 17.3 Å². The zero-order valence-electron chi connectivity index (χ0n) is 7.13. The van der Waals surface area contributed by atoms with E-state index in [-0.39, 0.29) is 5.50 Å². The van der Waals surface area contributed by atoms with Gasteiger partial charge in [0.25, 0.3) is 0 Å². The molecule has 0 aliphatic carbocycles. The molecule has 0 amide bonds. The van der Waals surface area contributed by atoms with Crippen molar-refractivity contribution in [2.75, 3.05) is 0 Å². The quantitative estimate of drug-likeness (QED) is 0.559. The third-order valence-electron chi connectivity index (χ3n) is 2.09. The van der Waals surface area contributed by atoms with Gasteiger partial charge in [0.15, 0.2) is 0 Å². The van der Waals surface area contributed by atoms with Crippen LogP contribution >= 0.6 is 11.6 Å². The lowest BCUT2D eigenvalue weighted by Gasteiger charge is -2.00. The van der Waals surface area contributed by atoms with Gasteiger partial charge in [-0.3, -0.25) is 0 Å². The molecule has 0 spiro atoms. The lowest BCUT2D eigenvalue weighted by molar-refractivity contribution is 0.896. The number of rotatable bonds is 2. The second-order valence-electron chi connectivity index (χ2n) is 3.08. The van der Waals surface area contributed by atoms with Gasteiger partial charge in [-0.25, -0.2) is 0 Å². The SMILES string of the molecule is NC(Cl)Cc1c[nH]c2ccccc12. The molecule has 0 fully saturated rings. The Morgan fingerprint density at radius 2 is 2.15 bits per heavy atom. The first-order chi connectivity index (χ1) is 6.27. The average Bonchev–Trinajstić information content (AvgIpc) is 2.48. The van der Waals surface area contributed by atoms with E-state index >= 15 is 0 Å². The summed E-state index contributed by atoms with van der Waals surface area (Å²) in [6.07, 6.45) is 2.67. The van der Waals surface area contributed by atoms with Gasteiger partial charge in [0, 0.05) is 23.5 Å². The molecule has 2 aromatic rings. The highest BCUT2D eigenvalue weighted by Crippen LogP contribution is 2.19. The third kappa shape index (κ3) is 1.69. The van der Waals surface area contributed by atoms with Crippen molar-refractivity contribution < 1.29 is 0 Å². The van der Waals surface area contributed by atoms with Gasteiger partial charge in [-0.05, 0) is 11.6 Å². The van der Waals surface area contributed by atoms with Gasteiger partial charge in [0.1, 0.15) is 0 Å². The first-order valence-electron chi connectivity index (χ1n) is 4.22. The standard InChI is InChI=1S/C10H11ClN2/c11-10(12)5-7-6-13-9-4-2-1-3-8(7)9/h1-4,6,10,13H,5,12H2. The van der Waals surface area contributed by atoms with E-state index in [1.807, 2.05) is 24.4 Å². The van der Waals surface area contributed by atoms with E-state index < -0.39 is 0 Å². The average molecular weight is 195 g/mol. The zero-order chi connectivity index (χ0) is 9.26. The van der Waals surface area contributed by atoms with Crippen LogP contribution in [-0.2, 0) is 6.42 Å². The molecule has 0 radical (unpaired) electrons. The van der Waals surface area contributed by atoms with Crippen LogP contribution in [0.15, 0.2) is 30.5 Å². The molecular formula is C10H11ClN2. The Labute approximate surface area is 81.7 Å². The minimum absolute atomic E-state index is 0.306. The van der Waals surface area contributed by atoms with Gasteiger partial charge < -0.3 is 10.7 Å². The van der Waals surface area contributed by atoms with Gasteiger partial charge in [0.2, 0.25) is 0 Å². The molecule has 13 heavy (non-hydrogen) atoms. The van der Waals surface area contributed by atoms with Crippen LogP contribution in [0, 0.1) is 0 Å². The number of halogens is 1. The van der Waals surface area contributed by atoms with Crippen molar-refractivity contribution in [1.29, 1.82) is 0 Å². The largest absolute Gasteiger partial charge is 0.361 e. The number of fused-ring (bicyclic) bond motifs is 1. The van der Waals surface area contributed by atoms with Crippen LogP contribution in [0.25, 0.3) is 10.9 Å². The van der Waals surface area contributed by atoms with Crippen LogP contribution in [-0.4, -0.2) is 10.5 Å². The summed E-state index contributed by atoms with van der Waals surface area (Å²) in [4.78, 5) is 3.18. The highest BCUT2D eigenvalue weighted by Gasteiger charge is 2.05. The van der Waals surface area contributed by atoms with Crippen LogP contribution < -0.4 is 5.73 Å². The Morgan fingerprint density at radius 3 is 2.92 bits per heavy atom. The Bertz CT molecular complexity index is 406. The fourth-order valence-corrected chi connectivity index (χ4v) is 1.68. The summed E-state index contributed by atoms with van der Waals surface area (Å²) in [5, 5.41) is 1.21. The number of nitrogens with two attached hydrogens (primary N) is 1. The van der Waals surface area contributed by atoms with Gasteiger partial charge >= 0.3 is 0 Å². The second-order valence-corrected chi connectivity index (χ2v) is 3.64. The van der Waals surface area contributed by atoms with Gasteiger partial charge in [-0.1, -0.05) is 18.2 Å². The maximum Gasteiger partial charge on any atom is 0.0842 e. The van der Waals surface area contributed by atoms with E-state index in [1.54, 1.807) is 0 Å². The minimum Gasteiger partial charge on any atom is -0.361 e. The molecule has 3 heteroatoms. The molecule has 0 aliphatic rings. The first-order valence-corrected chi connectivity index (χ1v) is 4.65. The van der Waals surface area contributed by atoms with Crippen molar-refractivity contribution in [1.82, 2.24) is 4.98 Å². The third-order valence-corrected chi connectivity index (χ3v) is 2.24. The highest BCUT2D eigenvalue weighted by atomic mass is 35.5. The van der Waals surface area contributed by atoms with E-state index in [1.165, 1.54) is 10.9 Å². The molecule has 2 nitrogen and oxygen atoms in total. The molecule has 1 aromatic carbocycles. The molecule has 1 aromatic heterocycles.